The first-order valence-corrected chi connectivity index (χ1v) is 17.7. The summed E-state index contributed by atoms with van der Waals surface area (Å²) in [7, 11) is 0. The third kappa shape index (κ3) is 4.27. The van der Waals surface area contributed by atoms with Crippen LogP contribution in [-0.4, -0.2) is 0 Å². The lowest BCUT2D eigenvalue weighted by molar-refractivity contribution is 0.723. The van der Waals surface area contributed by atoms with Gasteiger partial charge in [-0.15, -0.1) is 0 Å². The van der Waals surface area contributed by atoms with Crippen LogP contribution in [0.1, 0.15) is 22.3 Å². The topological polar surface area (TPSA) is 12.0 Å². The fraction of sp³-hybridized carbons (Fsp3) is 0.0213. The van der Waals surface area contributed by atoms with Crippen molar-refractivity contribution in [1.29, 1.82) is 0 Å². The summed E-state index contributed by atoms with van der Waals surface area (Å²) in [6, 6.07) is 66.7. The van der Waals surface area contributed by atoms with E-state index in [1.54, 1.807) is 0 Å². The molecule has 2 heteroatoms. The fourth-order valence-electron chi connectivity index (χ4n) is 8.23. The standard InChI is InChI=1S/C47H31NS/c1-3-13-31(14-4-1)33-23-26-42-45(29-33)49-46-30-34(48-44-28-25-35(32-15-5-2-6-16-32)36-17-7-8-20-39(36)44)24-27-43(46)47(42)40-21-11-9-18-37(40)38-19-10-12-22-41(38)47/h1-30,48H. The lowest BCUT2D eigenvalue weighted by Crippen LogP contribution is -2.32. The molecule has 0 aromatic heterocycles. The van der Waals surface area contributed by atoms with Crippen LogP contribution in [0.25, 0.3) is 44.2 Å². The van der Waals surface area contributed by atoms with Crippen molar-refractivity contribution in [2.45, 2.75) is 15.2 Å². The van der Waals surface area contributed by atoms with Gasteiger partial charge in [0.15, 0.2) is 0 Å². The van der Waals surface area contributed by atoms with E-state index in [0.717, 1.165) is 11.4 Å². The summed E-state index contributed by atoms with van der Waals surface area (Å²) in [5, 5.41) is 6.29. The van der Waals surface area contributed by atoms with Gasteiger partial charge in [0, 0.05) is 26.6 Å². The molecule has 1 spiro atoms. The van der Waals surface area contributed by atoms with E-state index in [-0.39, 0.29) is 0 Å². The Kier molecular flexibility index (Phi) is 6.40. The summed E-state index contributed by atoms with van der Waals surface area (Å²) < 4.78 is 0. The molecule has 10 rings (SSSR count). The first-order chi connectivity index (χ1) is 24.3. The lowest BCUT2D eigenvalue weighted by Gasteiger charge is -2.40. The Bertz CT molecular complexity index is 2510. The predicted molar refractivity (Wildman–Crippen MR) is 206 cm³/mol. The largest absolute Gasteiger partial charge is 0.355 e. The molecule has 1 aliphatic carbocycles. The van der Waals surface area contributed by atoms with E-state index < -0.39 is 5.41 Å². The van der Waals surface area contributed by atoms with Crippen molar-refractivity contribution in [2.24, 2.45) is 0 Å². The molecule has 2 aliphatic rings. The minimum Gasteiger partial charge on any atom is -0.355 e. The summed E-state index contributed by atoms with van der Waals surface area (Å²) in [5.41, 5.74) is 14.8. The third-order valence-corrected chi connectivity index (χ3v) is 11.5. The van der Waals surface area contributed by atoms with Crippen LogP contribution in [0.5, 0.6) is 0 Å². The van der Waals surface area contributed by atoms with Crippen molar-refractivity contribution in [3.63, 3.8) is 0 Å². The molecule has 0 fully saturated rings. The van der Waals surface area contributed by atoms with Crippen molar-refractivity contribution >= 4 is 33.9 Å². The molecule has 0 bridgehead atoms. The fourth-order valence-corrected chi connectivity index (χ4v) is 9.50. The van der Waals surface area contributed by atoms with Gasteiger partial charge in [0.25, 0.3) is 0 Å². The summed E-state index contributed by atoms with van der Waals surface area (Å²) in [5.74, 6) is 0. The minimum atomic E-state index is -0.402. The maximum absolute atomic E-state index is 3.84. The van der Waals surface area contributed by atoms with E-state index >= 15 is 0 Å². The highest BCUT2D eigenvalue weighted by Crippen LogP contribution is 2.62. The molecule has 0 saturated heterocycles. The van der Waals surface area contributed by atoms with Crippen LogP contribution in [-0.2, 0) is 5.41 Å². The van der Waals surface area contributed by atoms with Gasteiger partial charge in [-0.1, -0.05) is 169 Å². The second-order valence-corrected chi connectivity index (χ2v) is 14.0. The second-order valence-electron chi connectivity index (χ2n) is 12.9. The van der Waals surface area contributed by atoms with E-state index in [1.807, 2.05) is 11.8 Å². The maximum Gasteiger partial charge on any atom is 0.0735 e. The van der Waals surface area contributed by atoms with Crippen LogP contribution in [0, 0.1) is 0 Å². The second kappa shape index (κ2) is 11.1. The number of hydrogen-bond donors (Lipinski definition) is 1. The molecule has 0 radical (unpaired) electrons. The molecular weight excluding hydrogens is 611 g/mol. The molecule has 0 atom stereocenters. The molecule has 1 nitrogen and oxygen atoms in total. The van der Waals surface area contributed by atoms with Crippen molar-refractivity contribution in [2.75, 3.05) is 5.32 Å². The van der Waals surface area contributed by atoms with Gasteiger partial charge in [-0.05, 0) is 85.3 Å². The van der Waals surface area contributed by atoms with Crippen LogP contribution < -0.4 is 5.32 Å². The third-order valence-electron chi connectivity index (χ3n) is 10.3. The number of rotatable bonds is 4. The maximum atomic E-state index is 3.84. The van der Waals surface area contributed by atoms with Gasteiger partial charge >= 0.3 is 0 Å². The smallest absolute Gasteiger partial charge is 0.0735 e. The summed E-state index contributed by atoms with van der Waals surface area (Å²) in [6.07, 6.45) is 0. The minimum absolute atomic E-state index is 0.402. The molecule has 0 unspecified atom stereocenters. The molecule has 0 saturated carbocycles. The predicted octanol–water partition coefficient (Wildman–Crippen LogP) is 12.7. The molecule has 230 valence electrons. The summed E-state index contributed by atoms with van der Waals surface area (Å²) in [4.78, 5) is 2.58. The first-order valence-electron chi connectivity index (χ1n) is 16.8. The van der Waals surface area contributed by atoms with Gasteiger partial charge in [-0.25, -0.2) is 0 Å². The zero-order valence-electron chi connectivity index (χ0n) is 26.7. The zero-order chi connectivity index (χ0) is 32.4. The van der Waals surface area contributed by atoms with Crippen LogP contribution in [0.4, 0.5) is 11.4 Å². The van der Waals surface area contributed by atoms with Gasteiger partial charge in [0.2, 0.25) is 0 Å². The highest BCUT2D eigenvalue weighted by atomic mass is 32.2. The monoisotopic (exact) mass is 641 g/mol. The van der Waals surface area contributed by atoms with Crippen molar-refractivity contribution in [3.05, 3.63) is 204 Å². The van der Waals surface area contributed by atoms with Crippen LogP contribution >= 0.6 is 11.8 Å². The Morgan fingerprint density at radius 3 is 1.65 bits per heavy atom. The number of fused-ring (bicyclic) bond motifs is 10. The number of benzene rings is 8. The SMILES string of the molecule is c1ccc(-c2ccc3c(c2)Sc2cc(Nc4ccc(-c5ccccc5)c5ccccc45)ccc2C32c3ccccc3-c3ccccc32)cc1. The lowest BCUT2D eigenvalue weighted by atomic mass is 9.67. The molecule has 1 N–H and O–H groups in total. The molecule has 8 aromatic rings. The van der Waals surface area contributed by atoms with E-state index in [1.165, 1.54) is 76.2 Å². The van der Waals surface area contributed by atoms with E-state index in [4.69, 9.17) is 0 Å². The average molecular weight is 642 g/mol. The highest BCUT2D eigenvalue weighted by Gasteiger charge is 2.50. The highest BCUT2D eigenvalue weighted by molar-refractivity contribution is 7.99. The van der Waals surface area contributed by atoms with Gasteiger partial charge in [-0.2, -0.15) is 0 Å². The van der Waals surface area contributed by atoms with Crippen LogP contribution in [0.15, 0.2) is 192 Å². The Labute approximate surface area is 290 Å². The average Bonchev–Trinajstić information content (AvgIpc) is 3.46. The molecule has 8 aromatic carbocycles. The Morgan fingerprint density at radius 2 is 0.939 bits per heavy atom. The normalized spacial score (nSPS) is 13.4. The summed E-state index contributed by atoms with van der Waals surface area (Å²) >= 11 is 1.89. The molecular formula is C47H31NS. The summed E-state index contributed by atoms with van der Waals surface area (Å²) in [6.45, 7) is 0. The molecule has 1 heterocycles. The van der Waals surface area contributed by atoms with Crippen molar-refractivity contribution in [3.8, 4) is 33.4 Å². The van der Waals surface area contributed by atoms with Gasteiger partial charge < -0.3 is 5.32 Å². The van der Waals surface area contributed by atoms with Crippen molar-refractivity contribution in [1.82, 2.24) is 0 Å². The zero-order valence-corrected chi connectivity index (χ0v) is 27.5. The van der Waals surface area contributed by atoms with Gasteiger partial charge in [-0.3, -0.25) is 0 Å². The molecule has 49 heavy (non-hydrogen) atoms. The number of hydrogen-bond acceptors (Lipinski definition) is 2. The van der Waals surface area contributed by atoms with E-state index in [9.17, 15) is 0 Å². The van der Waals surface area contributed by atoms with E-state index in [0.29, 0.717) is 0 Å². The van der Waals surface area contributed by atoms with Gasteiger partial charge in [0.05, 0.1) is 5.41 Å². The Hall–Kier alpha value is -5.83. The molecule has 0 amide bonds. The number of anilines is 2. The van der Waals surface area contributed by atoms with Crippen LogP contribution in [0.3, 0.4) is 0 Å². The molecule has 1 aliphatic heterocycles. The Balaban J connectivity index is 1.15. The van der Waals surface area contributed by atoms with Crippen molar-refractivity contribution < 1.29 is 0 Å². The quantitative estimate of drug-likeness (QED) is 0.205. The van der Waals surface area contributed by atoms with E-state index in [2.05, 4.69) is 187 Å². The first kappa shape index (κ1) is 28.2. The Morgan fingerprint density at radius 1 is 0.367 bits per heavy atom. The van der Waals surface area contributed by atoms with Crippen LogP contribution in [0.2, 0.25) is 0 Å². The number of nitrogens with one attached hydrogen (secondary N) is 1. The van der Waals surface area contributed by atoms with Gasteiger partial charge in [0.1, 0.15) is 0 Å².